The molecule has 1 aromatic carbocycles. The van der Waals surface area contributed by atoms with Crippen LogP contribution in [0, 0.1) is 0 Å². The van der Waals surface area contributed by atoms with E-state index < -0.39 is 6.10 Å². The first-order chi connectivity index (χ1) is 11.7. The molecular weight excluding hydrogens is 306 g/mol. The summed E-state index contributed by atoms with van der Waals surface area (Å²) in [5.41, 5.74) is 0.854. The van der Waals surface area contributed by atoms with Crippen LogP contribution in [0.15, 0.2) is 30.3 Å². The van der Waals surface area contributed by atoms with Crippen molar-refractivity contribution in [3.8, 4) is 0 Å². The number of ether oxygens (including phenoxy) is 1. The number of rotatable bonds is 5. The van der Waals surface area contributed by atoms with E-state index in [0.29, 0.717) is 32.7 Å². The second kappa shape index (κ2) is 9.27. The van der Waals surface area contributed by atoms with E-state index in [1.165, 1.54) is 0 Å². The number of carbonyl (C=O) groups is 2. The summed E-state index contributed by atoms with van der Waals surface area (Å²) in [6, 6.07) is 9.47. The Morgan fingerprint density at radius 2 is 1.79 bits per heavy atom. The molecule has 1 N–H and O–H groups in total. The molecule has 3 amide bonds. The number of nitrogens with zero attached hydrogens (tertiary/aromatic N) is 2. The first kappa shape index (κ1) is 18.3. The molecule has 1 aromatic rings. The van der Waals surface area contributed by atoms with E-state index in [9.17, 15) is 9.59 Å². The standard InChI is InChI=1S/C18H27N3O3/c1-3-10-19-18(23)21-12-7-11-20(13-14-21)17(22)16(24-2)15-8-5-4-6-9-15/h4-6,8-9,16H,3,7,10-14H2,1-2H3,(H,19,23)/t16-/m1/s1. The zero-order valence-electron chi connectivity index (χ0n) is 14.5. The van der Waals surface area contributed by atoms with E-state index in [4.69, 9.17) is 4.74 Å². The molecule has 1 saturated heterocycles. The van der Waals surface area contributed by atoms with Gasteiger partial charge in [0.1, 0.15) is 0 Å². The van der Waals surface area contributed by atoms with Crippen LogP contribution in [0.25, 0.3) is 0 Å². The number of carbonyl (C=O) groups excluding carboxylic acids is 2. The minimum atomic E-state index is -0.591. The number of urea groups is 1. The molecule has 24 heavy (non-hydrogen) atoms. The molecule has 6 nitrogen and oxygen atoms in total. The molecule has 0 radical (unpaired) electrons. The van der Waals surface area contributed by atoms with Crippen molar-refractivity contribution >= 4 is 11.9 Å². The molecule has 0 aromatic heterocycles. The van der Waals surface area contributed by atoms with Gasteiger partial charge in [-0.3, -0.25) is 4.79 Å². The summed E-state index contributed by atoms with van der Waals surface area (Å²) in [5.74, 6) is -0.0421. The summed E-state index contributed by atoms with van der Waals surface area (Å²) in [4.78, 5) is 28.5. The van der Waals surface area contributed by atoms with E-state index >= 15 is 0 Å². The van der Waals surface area contributed by atoms with Crippen LogP contribution in [0.4, 0.5) is 4.79 Å². The lowest BCUT2D eigenvalue weighted by atomic mass is 10.1. The van der Waals surface area contributed by atoms with Crippen LogP contribution in [-0.2, 0) is 9.53 Å². The van der Waals surface area contributed by atoms with E-state index in [0.717, 1.165) is 18.4 Å². The summed E-state index contributed by atoms with van der Waals surface area (Å²) < 4.78 is 5.44. The fraction of sp³-hybridized carbons (Fsp3) is 0.556. The van der Waals surface area contributed by atoms with Crippen molar-refractivity contribution in [1.82, 2.24) is 15.1 Å². The zero-order chi connectivity index (χ0) is 17.4. The van der Waals surface area contributed by atoms with Crippen molar-refractivity contribution in [3.63, 3.8) is 0 Å². The van der Waals surface area contributed by atoms with Crippen molar-refractivity contribution < 1.29 is 14.3 Å². The van der Waals surface area contributed by atoms with E-state index in [-0.39, 0.29) is 11.9 Å². The van der Waals surface area contributed by atoms with Gasteiger partial charge >= 0.3 is 6.03 Å². The minimum Gasteiger partial charge on any atom is -0.367 e. The van der Waals surface area contributed by atoms with Gasteiger partial charge in [0.05, 0.1) is 0 Å². The van der Waals surface area contributed by atoms with Gasteiger partial charge in [-0.15, -0.1) is 0 Å². The quantitative estimate of drug-likeness (QED) is 0.897. The van der Waals surface area contributed by atoms with Crippen LogP contribution in [0.5, 0.6) is 0 Å². The molecule has 1 fully saturated rings. The van der Waals surface area contributed by atoms with Crippen LogP contribution >= 0.6 is 0 Å². The molecule has 6 heteroatoms. The Morgan fingerprint density at radius 1 is 1.12 bits per heavy atom. The maximum absolute atomic E-state index is 12.8. The average molecular weight is 333 g/mol. The zero-order valence-corrected chi connectivity index (χ0v) is 14.5. The largest absolute Gasteiger partial charge is 0.367 e. The van der Waals surface area contributed by atoms with Crippen molar-refractivity contribution in [2.75, 3.05) is 39.8 Å². The first-order valence-electron chi connectivity index (χ1n) is 8.56. The Labute approximate surface area is 143 Å². The van der Waals surface area contributed by atoms with Gasteiger partial charge in [0.2, 0.25) is 0 Å². The Morgan fingerprint density at radius 3 is 2.46 bits per heavy atom. The van der Waals surface area contributed by atoms with Gasteiger partial charge < -0.3 is 19.9 Å². The highest BCUT2D eigenvalue weighted by atomic mass is 16.5. The maximum Gasteiger partial charge on any atom is 0.317 e. The molecule has 1 aliphatic rings. The predicted octanol–water partition coefficient (Wildman–Crippen LogP) is 2.03. The van der Waals surface area contributed by atoms with Crippen LogP contribution in [0.3, 0.4) is 0 Å². The van der Waals surface area contributed by atoms with Gasteiger partial charge in [0.25, 0.3) is 5.91 Å². The third-order valence-electron chi connectivity index (χ3n) is 4.18. The summed E-state index contributed by atoms with van der Waals surface area (Å²) >= 11 is 0. The number of hydrogen-bond donors (Lipinski definition) is 1. The topological polar surface area (TPSA) is 61.9 Å². The molecule has 1 aliphatic heterocycles. The Balaban J connectivity index is 1.97. The fourth-order valence-corrected chi connectivity index (χ4v) is 2.86. The Bertz CT molecular complexity index is 536. The highest BCUT2D eigenvalue weighted by molar-refractivity contribution is 5.82. The number of benzene rings is 1. The Kier molecular flexibility index (Phi) is 7.06. The molecular formula is C18H27N3O3. The summed E-state index contributed by atoms with van der Waals surface area (Å²) in [6.07, 6.45) is 1.10. The fourth-order valence-electron chi connectivity index (χ4n) is 2.86. The number of hydrogen-bond acceptors (Lipinski definition) is 3. The van der Waals surface area contributed by atoms with Gasteiger partial charge in [0.15, 0.2) is 6.10 Å². The lowest BCUT2D eigenvalue weighted by Gasteiger charge is -2.26. The normalized spacial score (nSPS) is 16.4. The minimum absolute atomic E-state index is 0.0421. The third-order valence-corrected chi connectivity index (χ3v) is 4.18. The van der Waals surface area contributed by atoms with Crippen LogP contribution < -0.4 is 5.32 Å². The molecule has 0 unspecified atom stereocenters. The molecule has 132 valence electrons. The van der Waals surface area contributed by atoms with Gasteiger partial charge in [-0.25, -0.2) is 4.79 Å². The average Bonchev–Trinajstić information content (AvgIpc) is 2.87. The van der Waals surface area contributed by atoms with E-state index in [1.807, 2.05) is 37.3 Å². The molecule has 1 heterocycles. The monoisotopic (exact) mass is 333 g/mol. The van der Waals surface area contributed by atoms with Crippen molar-refractivity contribution in [2.45, 2.75) is 25.9 Å². The third kappa shape index (κ3) is 4.71. The second-order valence-electron chi connectivity index (χ2n) is 5.92. The molecule has 0 aliphatic carbocycles. The van der Waals surface area contributed by atoms with Crippen LogP contribution in [-0.4, -0.2) is 61.6 Å². The number of methoxy groups -OCH3 is 1. The van der Waals surface area contributed by atoms with Crippen molar-refractivity contribution in [1.29, 1.82) is 0 Å². The highest BCUT2D eigenvalue weighted by Gasteiger charge is 2.28. The molecule has 1 atom stereocenters. The lowest BCUT2D eigenvalue weighted by Crippen LogP contribution is -2.43. The van der Waals surface area contributed by atoms with Crippen LogP contribution in [0.2, 0.25) is 0 Å². The maximum atomic E-state index is 12.8. The molecule has 2 rings (SSSR count). The van der Waals surface area contributed by atoms with E-state index in [2.05, 4.69) is 5.32 Å². The van der Waals surface area contributed by atoms with Gasteiger partial charge in [0, 0.05) is 39.8 Å². The summed E-state index contributed by atoms with van der Waals surface area (Å²) in [6.45, 7) is 5.10. The molecule has 0 saturated carbocycles. The van der Waals surface area contributed by atoms with Gasteiger partial charge in [-0.05, 0) is 18.4 Å². The molecule has 0 spiro atoms. The van der Waals surface area contributed by atoms with Crippen molar-refractivity contribution in [2.24, 2.45) is 0 Å². The van der Waals surface area contributed by atoms with Gasteiger partial charge in [-0.1, -0.05) is 37.3 Å². The second-order valence-corrected chi connectivity index (χ2v) is 5.92. The lowest BCUT2D eigenvalue weighted by molar-refractivity contribution is -0.142. The number of amides is 3. The first-order valence-corrected chi connectivity index (χ1v) is 8.56. The predicted molar refractivity (Wildman–Crippen MR) is 92.7 cm³/mol. The number of nitrogens with one attached hydrogen (secondary N) is 1. The van der Waals surface area contributed by atoms with Crippen LogP contribution in [0.1, 0.15) is 31.4 Å². The van der Waals surface area contributed by atoms with E-state index in [1.54, 1.807) is 16.9 Å². The Hall–Kier alpha value is -2.08. The molecule has 0 bridgehead atoms. The smallest absolute Gasteiger partial charge is 0.317 e. The summed E-state index contributed by atoms with van der Waals surface area (Å²) in [7, 11) is 1.55. The highest BCUT2D eigenvalue weighted by Crippen LogP contribution is 2.20. The van der Waals surface area contributed by atoms with Crippen molar-refractivity contribution in [3.05, 3.63) is 35.9 Å². The SMILES string of the molecule is CCCNC(=O)N1CCCN(C(=O)[C@H](OC)c2ccccc2)CC1. The summed E-state index contributed by atoms with van der Waals surface area (Å²) in [5, 5.41) is 2.89. The van der Waals surface area contributed by atoms with Gasteiger partial charge in [-0.2, -0.15) is 0 Å².